The number of nitrogens with one attached hydrogen (secondary N) is 2. The molecule has 3 amide bonds. The third kappa shape index (κ3) is 5.46. The highest BCUT2D eigenvalue weighted by Gasteiger charge is 2.50. The molecule has 2 aromatic heterocycles. The fourth-order valence-electron chi connectivity index (χ4n) is 5.04. The molecule has 0 saturated carbocycles. The molecule has 0 unspecified atom stereocenters. The molecule has 0 radical (unpaired) electrons. The number of rotatable bonds is 7. The van der Waals surface area contributed by atoms with E-state index in [0.29, 0.717) is 41.5 Å². The van der Waals surface area contributed by atoms with Crippen molar-refractivity contribution in [2.24, 2.45) is 0 Å². The number of benzene rings is 2. The number of carbonyl (C=O) groups is 2. The largest absolute Gasteiger partial charge is 0.416 e. The van der Waals surface area contributed by atoms with Crippen LogP contribution in [0.25, 0.3) is 17.1 Å². The van der Waals surface area contributed by atoms with Crippen LogP contribution >= 0.6 is 11.6 Å². The van der Waals surface area contributed by atoms with Gasteiger partial charge in [0.25, 0.3) is 5.91 Å². The molecule has 224 valence electrons. The van der Waals surface area contributed by atoms with Crippen molar-refractivity contribution in [3.63, 3.8) is 0 Å². The van der Waals surface area contributed by atoms with Crippen molar-refractivity contribution in [2.45, 2.75) is 30.9 Å². The van der Waals surface area contributed by atoms with Crippen molar-refractivity contribution in [3.05, 3.63) is 81.8 Å². The molecule has 0 bridgehead atoms. The first-order chi connectivity index (χ1) is 20.4. The van der Waals surface area contributed by atoms with Crippen LogP contribution in [0.1, 0.15) is 16.2 Å². The van der Waals surface area contributed by atoms with Crippen LogP contribution in [-0.2, 0) is 13.1 Å². The zero-order chi connectivity index (χ0) is 30.5. The molecule has 2 aliphatic rings. The van der Waals surface area contributed by atoms with Gasteiger partial charge < -0.3 is 20.6 Å². The van der Waals surface area contributed by atoms with Gasteiger partial charge in [-0.15, -0.1) is 10.2 Å². The minimum Gasteiger partial charge on any atom is -0.382 e. The molecule has 2 fully saturated rings. The molecule has 4 aromatic rings. The number of nitrogens with zero attached hydrogens (tertiary/aromatic N) is 7. The van der Waals surface area contributed by atoms with Crippen LogP contribution in [0.5, 0.6) is 0 Å². The molecular formula is C26H23ClF3N9O4. The average Bonchev–Trinajstić information content (AvgIpc) is 3.66. The van der Waals surface area contributed by atoms with Crippen molar-refractivity contribution in [2.75, 3.05) is 19.6 Å². The summed E-state index contributed by atoms with van der Waals surface area (Å²) in [6.45, 7) is -0.278. The van der Waals surface area contributed by atoms with Crippen LogP contribution < -0.4 is 16.3 Å². The third-order valence-electron chi connectivity index (χ3n) is 7.21. The average molecular weight is 618 g/mol. The summed E-state index contributed by atoms with van der Waals surface area (Å²) in [5.41, 5.74) is -0.353. The summed E-state index contributed by atoms with van der Waals surface area (Å²) in [5.74, 6) is -0.290. The van der Waals surface area contributed by atoms with E-state index < -0.39 is 30.1 Å². The van der Waals surface area contributed by atoms with Crippen molar-refractivity contribution in [1.82, 2.24) is 44.6 Å². The second-order valence-corrected chi connectivity index (χ2v) is 10.7. The second-order valence-electron chi connectivity index (χ2n) is 10.3. The van der Waals surface area contributed by atoms with Gasteiger partial charge in [0, 0.05) is 30.2 Å². The molecule has 2 aliphatic heterocycles. The Bertz CT molecular complexity index is 1760. The molecule has 2 saturated heterocycles. The SMILES string of the molecule is O=C1NCC2(CN(C(=O)c3ccccc3-n3cnc(Cn4nc(-c5ccc(Cl)cc5)n(C[C@H](O)C(F)(F)F)c4=O)n3)C2)N1. The van der Waals surface area contributed by atoms with Gasteiger partial charge in [-0.1, -0.05) is 23.7 Å². The van der Waals surface area contributed by atoms with E-state index in [-0.39, 0.29) is 30.1 Å². The lowest BCUT2D eigenvalue weighted by atomic mass is 9.90. The third-order valence-corrected chi connectivity index (χ3v) is 7.46. The first-order valence-corrected chi connectivity index (χ1v) is 13.3. The number of hydrogen-bond donors (Lipinski definition) is 3. The van der Waals surface area contributed by atoms with Gasteiger partial charge in [-0.3, -0.25) is 9.36 Å². The number of aliphatic hydroxyl groups is 1. The molecule has 3 N–H and O–H groups in total. The fraction of sp³-hybridized carbons (Fsp3) is 0.308. The smallest absolute Gasteiger partial charge is 0.382 e. The first kappa shape index (κ1) is 28.4. The lowest BCUT2D eigenvalue weighted by Crippen LogP contribution is -2.70. The van der Waals surface area contributed by atoms with Gasteiger partial charge in [0.05, 0.1) is 23.3 Å². The number of para-hydroxylation sites is 1. The summed E-state index contributed by atoms with van der Waals surface area (Å²) in [4.78, 5) is 43.8. The molecule has 0 aliphatic carbocycles. The molecule has 17 heteroatoms. The molecule has 6 rings (SSSR count). The van der Waals surface area contributed by atoms with Gasteiger partial charge in [0.2, 0.25) is 0 Å². The summed E-state index contributed by atoms with van der Waals surface area (Å²) >= 11 is 5.93. The number of carbonyl (C=O) groups excluding carboxylic acids is 2. The van der Waals surface area contributed by atoms with E-state index in [4.69, 9.17) is 11.6 Å². The van der Waals surface area contributed by atoms with Crippen LogP contribution in [0, 0.1) is 0 Å². The van der Waals surface area contributed by atoms with Crippen molar-refractivity contribution < 1.29 is 27.9 Å². The highest BCUT2D eigenvalue weighted by molar-refractivity contribution is 6.30. The van der Waals surface area contributed by atoms with Crippen LogP contribution in [0.4, 0.5) is 18.0 Å². The predicted octanol–water partition coefficient (Wildman–Crippen LogP) is 1.42. The molecule has 43 heavy (non-hydrogen) atoms. The van der Waals surface area contributed by atoms with E-state index >= 15 is 0 Å². The molecule has 13 nitrogen and oxygen atoms in total. The van der Waals surface area contributed by atoms with Gasteiger partial charge in [-0.25, -0.2) is 23.9 Å². The molecule has 1 atom stereocenters. The standard InChI is InChI=1S/C26H23ClF3N9O4/c27-16-7-5-15(6-8-16)21-35-38(24(43)37(21)9-19(40)26(28,29)30)10-20-32-14-39(34-20)18-4-2-1-3-17(18)22(41)36-12-25(13-36)11-31-23(42)33-25/h1-8,14,19,40H,9-13H2,(H2,31,33,42)/t19-/m0/s1. The highest BCUT2D eigenvalue weighted by atomic mass is 35.5. The van der Waals surface area contributed by atoms with Crippen molar-refractivity contribution >= 4 is 23.5 Å². The number of aliphatic hydroxyl groups excluding tert-OH is 1. The Morgan fingerprint density at radius 3 is 2.49 bits per heavy atom. The minimum atomic E-state index is -4.96. The summed E-state index contributed by atoms with van der Waals surface area (Å²) in [5, 5.41) is 24.2. The van der Waals surface area contributed by atoms with Crippen molar-refractivity contribution in [3.8, 4) is 17.1 Å². The van der Waals surface area contributed by atoms with Gasteiger partial charge in [0.15, 0.2) is 17.8 Å². The summed E-state index contributed by atoms with van der Waals surface area (Å²) in [6.07, 6.45) is -6.42. The topological polar surface area (TPSA) is 152 Å². The lowest BCUT2D eigenvalue weighted by molar-refractivity contribution is -0.207. The lowest BCUT2D eigenvalue weighted by Gasteiger charge is -2.47. The molecular weight excluding hydrogens is 595 g/mol. The maximum Gasteiger partial charge on any atom is 0.416 e. The van der Waals surface area contributed by atoms with E-state index in [2.05, 4.69) is 25.8 Å². The Hall–Kier alpha value is -4.70. The maximum absolute atomic E-state index is 13.3. The number of amides is 3. The Balaban J connectivity index is 1.26. The van der Waals surface area contributed by atoms with E-state index in [1.165, 1.54) is 35.3 Å². The Morgan fingerprint density at radius 1 is 1.09 bits per heavy atom. The van der Waals surface area contributed by atoms with Crippen molar-refractivity contribution in [1.29, 1.82) is 0 Å². The van der Waals surface area contributed by atoms with E-state index in [1.807, 2.05) is 0 Å². The number of likely N-dealkylation sites (tertiary alicyclic amines) is 1. The minimum absolute atomic E-state index is 0.0932. The molecule has 2 aromatic carbocycles. The van der Waals surface area contributed by atoms with Crippen LogP contribution in [0.2, 0.25) is 5.02 Å². The maximum atomic E-state index is 13.3. The normalized spacial score (nSPS) is 16.6. The number of alkyl halides is 3. The van der Waals surface area contributed by atoms with Crippen LogP contribution in [0.3, 0.4) is 0 Å². The number of hydrogen-bond acceptors (Lipinski definition) is 7. The Labute approximate surface area is 245 Å². The van der Waals surface area contributed by atoms with Crippen LogP contribution in [0.15, 0.2) is 59.7 Å². The second kappa shape index (κ2) is 10.5. The summed E-state index contributed by atoms with van der Waals surface area (Å²) in [7, 11) is 0. The van der Waals surface area contributed by atoms with E-state index in [0.717, 1.165) is 9.25 Å². The first-order valence-electron chi connectivity index (χ1n) is 13.0. The summed E-state index contributed by atoms with van der Waals surface area (Å²) in [6, 6.07) is 12.4. The summed E-state index contributed by atoms with van der Waals surface area (Å²) < 4.78 is 42.4. The predicted molar refractivity (Wildman–Crippen MR) is 145 cm³/mol. The van der Waals surface area contributed by atoms with Gasteiger partial charge in [0.1, 0.15) is 12.9 Å². The van der Waals surface area contributed by atoms with Gasteiger partial charge in [-0.05, 0) is 36.4 Å². The fourth-order valence-corrected chi connectivity index (χ4v) is 5.17. The zero-order valence-corrected chi connectivity index (χ0v) is 22.9. The number of aromatic nitrogens is 6. The highest BCUT2D eigenvalue weighted by Crippen LogP contribution is 2.27. The van der Waals surface area contributed by atoms with Gasteiger partial charge in [-0.2, -0.15) is 13.2 Å². The number of urea groups is 1. The molecule has 1 spiro atoms. The monoisotopic (exact) mass is 617 g/mol. The van der Waals surface area contributed by atoms with Gasteiger partial charge >= 0.3 is 17.9 Å². The van der Waals surface area contributed by atoms with E-state index in [9.17, 15) is 32.7 Å². The molecule has 4 heterocycles. The van der Waals surface area contributed by atoms with Crippen LogP contribution in [-0.4, -0.2) is 88.5 Å². The quantitative estimate of drug-likeness (QED) is 0.284. The zero-order valence-electron chi connectivity index (χ0n) is 22.1. The number of halogens is 4. The van der Waals surface area contributed by atoms with E-state index in [1.54, 1.807) is 29.2 Å². The Kier molecular flexibility index (Phi) is 6.96. The Morgan fingerprint density at radius 2 is 1.81 bits per heavy atom.